The quantitative estimate of drug-likeness (QED) is 0.475. The van der Waals surface area contributed by atoms with Crippen LogP contribution in [0.1, 0.15) is 56.6 Å². The summed E-state index contributed by atoms with van der Waals surface area (Å²) >= 11 is 0. The van der Waals surface area contributed by atoms with E-state index in [9.17, 15) is 14.4 Å². The molecule has 3 aromatic rings. The number of carbonyl (C=O) groups excluding carboxylic acids is 3. The molecule has 2 N–H and O–H groups in total. The summed E-state index contributed by atoms with van der Waals surface area (Å²) in [6.07, 6.45) is 0.862. The van der Waals surface area contributed by atoms with Crippen molar-refractivity contribution in [2.45, 2.75) is 40.2 Å². The maximum Gasteiger partial charge on any atom is 0.305 e. The van der Waals surface area contributed by atoms with Crippen LogP contribution in [0.25, 0.3) is 5.69 Å². The average Bonchev–Trinajstić information content (AvgIpc) is 3.14. The monoisotopic (exact) mass is 462 g/mol. The second-order valence-electron chi connectivity index (χ2n) is 7.93. The van der Waals surface area contributed by atoms with Gasteiger partial charge < -0.3 is 15.4 Å². The molecule has 1 heterocycles. The standard InChI is InChI=1S/C26H30N4O4/c1-5-27-26(33)21-8-6-7-19(15-21)16-28-25(32)20-9-11-22(12-10-20)30-18(3)23(17(2)29-30)13-14-24(31)34-4/h6-12,15H,5,13-14,16H2,1-4H3,(H,27,33)(H,28,32). The number of nitrogens with zero attached hydrogens (tertiary/aromatic N) is 2. The van der Waals surface area contributed by atoms with E-state index >= 15 is 0 Å². The zero-order valence-electron chi connectivity index (χ0n) is 20.0. The summed E-state index contributed by atoms with van der Waals surface area (Å²) < 4.78 is 6.55. The molecule has 0 saturated heterocycles. The van der Waals surface area contributed by atoms with Crippen LogP contribution in [0.15, 0.2) is 48.5 Å². The molecule has 0 fully saturated rings. The highest BCUT2D eigenvalue weighted by atomic mass is 16.5. The molecule has 0 atom stereocenters. The first kappa shape index (κ1) is 24.7. The normalized spacial score (nSPS) is 10.6. The second kappa shape index (κ2) is 11.3. The van der Waals surface area contributed by atoms with Gasteiger partial charge in [-0.25, -0.2) is 4.68 Å². The number of benzene rings is 2. The van der Waals surface area contributed by atoms with Crippen LogP contribution < -0.4 is 10.6 Å². The first-order valence-electron chi connectivity index (χ1n) is 11.2. The number of nitrogens with one attached hydrogen (secondary N) is 2. The third kappa shape index (κ3) is 5.89. The van der Waals surface area contributed by atoms with Crippen LogP contribution >= 0.6 is 0 Å². The molecule has 0 saturated carbocycles. The molecule has 2 amide bonds. The molecule has 2 aromatic carbocycles. The van der Waals surface area contributed by atoms with Crippen molar-refractivity contribution in [1.29, 1.82) is 0 Å². The van der Waals surface area contributed by atoms with Crippen molar-refractivity contribution in [2.75, 3.05) is 13.7 Å². The van der Waals surface area contributed by atoms with Crippen LogP contribution in [-0.4, -0.2) is 41.2 Å². The number of aryl methyl sites for hydroxylation is 1. The molecule has 34 heavy (non-hydrogen) atoms. The van der Waals surface area contributed by atoms with E-state index in [-0.39, 0.29) is 17.8 Å². The molecule has 178 valence electrons. The maximum absolute atomic E-state index is 12.6. The van der Waals surface area contributed by atoms with E-state index in [1.54, 1.807) is 30.3 Å². The van der Waals surface area contributed by atoms with Crippen LogP contribution in [-0.2, 0) is 22.5 Å². The fraction of sp³-hybridized carbons (Fsp3) is 0.308. The summed E-state index contributed by atoms with van der Waals surface area (Å²) in [5.74, 6) is -0.594. The number of amides is 2. The van der Waals surface area contributed by atoms with Crippen molar-refractivity contribution in [2.24, 2.45) is 0 Å². The van der Waals surface area contributed by atoms with Crippen LogP contribution in [0.4, 0.5) is 0 Å². The number of hydrogen-bond donors (Lipinski definition) is 2. The van der Waals surface area contributed by atoms with Crippen LogP contribution in [0.5, 0.6) is 0 Å². The number of carbonyl (C=O) groups is 3. The first-order valence-corrected chi connectivity index (χ1v) is 11.2. The highest BCUT2D eigenvalue weighted by Crippen LogP contribution is 2.20. The highest BCUT2D eigenvalue weighted by Gasteiger charge is 2.15. The lowest BCUT2D eigenvalue weighted by Gasteiger charge is -2.09. The summed E-state index contributed by atoms with van der Waals surface area (Å²) in [4.78, 5) is 36.1. The Hall–Kier alpha value is -3.94. The summed E-state index contributed by atoms with van der Waals surface area (Å²) in [6, 6.07) is 14.4. The van der Waals surface area contributed by atoms with E-state index in [0.29, 0.717) is 37.1 Å². The summed E-state index contributed by atoms with van der Waals surface area (Å²) in [7, 11) is 1.38. The van der Waals surface area contributed by atoms with Crippen molar-refractivity contribution in [3.8, 4) is 5.69 Å². The largest absolute Gasteiger partial charge is 0.469 e. The van der Waals surface area contributed by atoms with Gasteiger partial charge >= 0.3 is 5.97 Å². The van der Waals surface area contributed by atoms with Crippen LogP contribution in [0.2, 0.25) is 0 Å². The average molecular weight is 463 g/mol. The second-order valence-corrected chi connectivity index (χ2v) is 7.93. The zero-order valence-corrected chi connectivity index (χ0v) is 20.0. The van der Waals surface area contributed by atoms with E-state index in [1.807, 2.05) is 43.7 Å². The highest BCUT2D eigenvalue weighted by molar-refractivity contribution is 5.95. The number of methoxy groups -OCH3 is 1. The van der Waals surface area contributed by atoms with Gasteiger partial charge in [-0.3, -0.25) is 14.4 Å². The Bertz CT molecular complexity index is 1180. The molecule has 8 nitrogen and oxygen atoms in total. The minimum absolute atomic E-state index is 0.135. The minimum atomic E-state index is -0.252. The Kier molecular flexibility index (Phi) is 8.19. The predicted molar refractivity (Wildman–Crippen MR) is 129 cm³/mol. The van der Waals surface area contributed by atoms with Crippen LogP contribution in [0, 0.1) is 13.8 Å². The number of hydrogen-bond acceptors (Lipinski definition) is 5. The molecular formula is C26H30N4O4. The van der Waals surface area contributed by atoms with Gasteiger partial charge in [-0.1, -0.05) is 12.1 Å². The van der Waals surface area contributed by atoms with E-state index in [1.165, 1.54) is 7.11 Å². The summed E-state index contributed by atoms with van der Waals surface area (Å²) in [6.45, 7) is 6.62. The Morgan fingerprint density at radius 2 is 1.68 bits per heavy atom. The molecule has 0 radical (unpaired) electrons. The summed E-state index contributed by atoms with van der Waals surface area (Å²) in [5, 5.41) is 10.3. The molecule has 1 aromatic heterocycles. The summed E-state index contributed by atoms with van der Waals surface area (Å²) in [5.41, 5.74) is 5.59. The zero-order chi connectivity index (χ0) is 24.7. The Labute approximate surface area is 199 Å². The SMILES string of the molecule is CCNC(=O)c1cccc(CNC(=O)c2ccc(-n3nc(C)c(CCC(=O)OC)c3C)cc2)c1. The molecule has 0 aliphatic carbocycles. The molecule has 0 bridgehead atoms. The van der Waals surface area contributed by atoms with Gasteiger partial charge in [-0.2, -0.15) is 5.10 Å². The van der Waals surface area contributed by atoms with Crippen molar-refractivity contribution < 1.29 is 19.1 Å². The molecule has 3 rings (SSSR count). The smallest absolute Gasteiger partial charge is 0.305 e. The van der Waals surface area contributed by atoms with Gasteiger partial charge in [0, 0.05) is 36.3 Å². The number of ether oxygens (including phenoxy) is 1. The Morgan fingerprint density at radius 3 is 2.35 bits per heavy atom. The van der Waals surface area contributed by atoms with Gasteiger partial charge in [-0.15, -0.1) is 0 Å². The topological polar surface area (TPSA) is 102 Å². The van der Waals surface area contributed by atoms with Gasteiger partial charge in [0.15, 0.2) is 0 Å². The third-order valence-electron chi connectivity index (χ3n) is 5.60. The lowest BCUT2D eigenvalue weighted by Crippen LogP contribution is -2.24. The molecule has 0 aliphatic heterocycles. The minimum Gasteiger partial charge on any atom is -0.469 e. The molecule has 8 heteroatoms. The Morgan fingerprint density at radius 1 is 0.971 bits per heavy atom. The number of rotatable bonds is 9. The lowest BCUT2D eigenvalue weighted by molar-refractivity contribution is -0.140. The maximum atomic E-state index is 12.6. The van der Waals surface area contributed by atoms with Crippen molar-refractivity contribution in [3.05, 3.63) is 82.2 Å². The van der Waals surface area contributed by atoms with Gasteiger partial charge in [0.1, 0.15) is 0 Å². The first-order chi connectivity index (χ1) is 16.3. The van der Waals surface area contributed by atoms with Gasteiger partial charge in [0.2, 0.25) is 0 Å². The van der Waals surface area contributed by atoms with E-state index in [0.717, 1.165) is 28.2 Å². The van der Waals surface area contributed by atoms with E-state index < -0.39 is 0 Å². The Balaban J connectivity index is 1.66. The third-order valence-corrected chi connectivity index (χ3v) is 5.60. The number of esters is 1. The van der Waals surface area contributed by atoms with Crippen LogP contribution in [0.3, 0.4) is 0 Å². The van der Waals surface area contributed by atoms with Crippen molar-refractivity contribution in [1.82, 2.24) is 20.4 Å². The predicted octanol–water partition coefficient (Wildman–Crippen LogP) is 3.27. The molecule has 0 aliphatic rings. The van der Waals surface area contributed by atoms with Crippen molar-refractivity contribution >= 4 is 17.8 Å². The van der Waals surface area contributed by atoms with E-state index in [2.05, 4.69) is 15.7 Å². The van der Waals surface area contributed by atoms with Gasteiger partial charge in [0.25, 0.3) is 11.8 Å². The molecule has 0 spiro atoms. The fourth-order valence-electron chi connectivity index (χ4n) is 3.74. The number of aromatic nitrogens is 2. The van der Waals surface area contributed by atoms with Gasteiger partial charge in [0.05, 0.1) is 18.5 Å². The van der Waals surface area contributed by atoms with E-state index in [4.69, 9.17) is 4.74 Å². The fourth-order valence-corrected chi connectivity index (χ4v) is 3.74. The molecule has 0 unspecified atom stereocenters. The van der Waals surface area contributed by atoms with Crippen molar-refractivity contribution in [3.63, 3.8) is 0 Å². The lowest BCUT2D eigenvalue weighted by atomic mass is 10.1. The molecular weight excluding hydrogens is 432 g/mol. The van der Waals surface area contributed by atoms with Gasteiger partial charge in [-0.05, 0) is 74.7 Å².